The number of hydrogen-bond acceptors (Lipinski definition) is 2. The van der Waals surface area contributed by atoms with Crippen molar-refractivity contribution in [2.75, 3.05) is 0 Å². The maximum atomic E-state index is 11.2. The molecule has 3 N–H and O–H groups in total. The summed E-state index contributed by atoms with van der Waals surface area (Å²) in [6, 6.07) is 8.41. The van der Waals surface area contributed by atoms with Crippen LogP contribution in [0.1, 0.15) is 75.5 Å². The molecule has 1 aromatic carbocycles. The molecule has 0 aromatic heterocycles. The summed E-state index contributed by atoms with van der Waals surface area (Å²) in [5.74, 6) is -0.178. The van der Waals surface area contributed by atoms with Crippen LogP contribution in [0.25, 0.3) is 0 Å². The Balaban J connectivity index is 2.08. The number of carbonyl (C=O) groups is 1. The first-order chi connectivity index (χ1) is 9.92. The summed E-state index contributed by atoms with van der Waals surface area (Å²) in [4.78, 5) is 11.2. The first kappa shape index (κ1) is 16.0. The lowest BCUT2D eigenvalue weighted by Gasteiger charge is -2.30. The van der Waals surface area contributed by atoms with E-state index in [-0.39, 0.29) is 17.9 Å². The van der Waals surface area contributed by atoms with Gasteiger partial charge in [-0.1, -0.05) is 51.0 Å². The first-order valence-electron chi connectivity index (χ1n) is 7.99. The molecule has 0 heterocycles. The molecule has 1 aliphatic rings. The number of hydrogen-bond donors (Lipinski definition) is 2. The lowest BCUT2D eigenvalue weighted by atomic mass is 9.76. The second-order valence-electron chi connectivity index (χ2n) is 6.91. The van der Waals surface area contributed by atoms with Gasteiger partial charge >= 0.3 is 5.97 Å². The van der Waals surface area contributed by atoms with Crippen LogP contribution < -0.4 is 5.73 Å². The van der Waals surface area contributed by atoms with Crippen molar-refractivity contribution in [3.8, 4) is 0 Å². The normalized spacial score (nSPS) is 18.9. The van der Waals surface area contributed by atoms with E-state index in [2.05, 4.69) is 38.1 Å². The molecule has 0 radical (unpaired) electrons. The van der Waals surface area contributed by atoms with E-state index in [0.717, 1.165) is 37.7 Å². The van der Waals surface area contributed by atoms with E-state index >= 15 is 0 Å². The van der Waals surface area contributed by atoms with Gasteiger partial charge in [-0.25, -0.2) is 0 Å². The Hall–Kier alpha value is -1.35. The molecule has 0 bridgehead atoms. The van der Waals surface area contributed by atoms with Gasteiger partial charge in [-0.05, 0) is 41.7 Å². The summed E-state index contributed by atoms with van der Waals surface area (Å²) in [7, 11) is 0. The fourth-order valence-electron chi connectivity index (χ4n) is 3.61. The number of aliphatic carboxylic acids is 1. The summed E-state index contributed by atoms with van der Waals surface area (Å²) in [6.07, 6.45) is 5.29. The molecule has 1 aliphatic carbocycles. The van der Waals surface area contributed by atoms with Crippen LogP contribution in [0, 0.1) is 5.41 Å². The van der Waals surface area contributed by atoms with Gasteiger partial charge in [-0.15, -0.1) is 0 Å². The molecular formula is C18H27NO2. The molecule has 116 valence electrons. The number of carboxylic acid groups (broad SMARTS) is 1. The SMILES string of the molecule is CC(C)c1ccc(C(N)CC2(CC(=O)O)CCCC2)cc1. The summed E-state index contributed by atoms with van der Waals surface area (Å²) in [6.45, 7) is 4.35. The van der Waals surface area contributed by atoms with Gasteiger partial charge in [0.1, 0.15) is 0 Å². The van der Waals surface area contributed by atoms with Crippen LogP contribution in [0.5, 0.6) is 0 Å². The van der Waals surface area contributed by atoms with Gasteiger partial charge in [-0.2, -0.15) is 0 Å². The van der Waals surface area contributed by atoms with Gasteiger partial charge in [0.15, 0.2) is 0 Å². The Kier molecular flexibility index (Phi) is 5.04. The van der Waals surface area contributed by atoms with Gasteiger partial charge in [0.2, 0.25) is 0 Å². The molecule has 3 nitrogen and oxygen atoms in total. The maximum absolute atomic E-state index is 11.2. The zero-order valence-corrected chi connectivity index (χ0v) is 13.1. The molecule has 1 saturated carbocycles. The highest BCUT2D eigenvalue weighted by molar-refractivity contribution is 5.67. The highest BCUT2D eigenvalue weighted by atomic mass is 16.4. The highest BCUT2D eigenvalue weighted by Gasteiger charge is 2.37. The van der Waals surface area contributed by atoms with Crippen LogP contribution in [-0.4, -0.2) is 11.1 Å². The van der Waals surface area contributed by atoms with Crippen LogP contribution in [0.4, 0.5) is 0 Å². The summed E-state index contributed by atoms with van der Waals surface area (Å²) in [5, 5.41) is 9.18. The molecule has 1 unspecified atom stereocenters. The van der Waals surface area contributed by atoms with E-state index in [9.17, 15) is 9.90 Å². The molecule has 0 spiro atoms. The number of benzene rings is 1. The molecule has 3 heteroatoms. The Morgan fingerprint density at radius 3 is 2.19 bits per heavy atom. The minimum Gasteiger partial charge on any atom is -0.481 e. The van der Waals surface area contributed by atoms with Gasteiger partial charge < -0.3 is 10.8 Å². The number of rotatable bonds is 6. The average Bonchev–Trinajstić information content (AvgIpc) is 2.86. The third-order valence-electron chi connectivity index (χ3n) is 4.87. The Morgan fingerprint density at radius 1 is 1.19 bits per heavy atom. The summed E-state index contributed by atoms with van der Waals surface area (Å²) < 4.78 is 0. The van der Waals surface area contributed by atoms with Crippen molar-refractivity contribution in [2.24, 2.45) is 11.1 Å². The lowest BCUT2D eigenvalue weighted by molar-refractivity contribution is -0.139. The standard InChI is InChI=1S/C18H27NO2/c1-13(2)14-5-7-15(8-6-14)16(19)11-18(12-17(20)21)9-3-4-10-18/h5-8,13,16H,3-4,9-12,19H2,1-2H3,(H,20,21). The van der Waals surface area contributed by atoms with Gasteiger partial charge in [0.05, 0.1) is 6.42 Å². The smallest absolute Gasteiger partial charge is 0.303 e. The van der Waals surface area contributed by atoms with Crippen molar-refractivity contribution in [3.05, 3.63) is 35.4 Å². The van der Waals surface area contributed by atoms with Crippen LogP contribution in [0.15, 0.2) is 24.3 Å². The number of carboxylic acids is 1. The van der Waals surface area contributed by atoms with Crippen LogP contribution >= 0.6 is 0 Å². The third kappa shape index (κ3) is 4.07. The highest BCUT2D eigenvalue weighted by Crippen LogP contribution is 2.46. The van der Waals surface area contributed by atoms with E-state index in [0.29, 0.717) is 5.92 Å². The topological polar surface area (TPSA) is 63.3 Å². The molecule has 1 aromatic rings. The third-order valence-corrected chi connectivity index (χ3v) is 4.87. The van der Waals surface area contributed by atoms with E-state index < -0.39 is 5.97 Å². The predicted octanol–water partition coefficient (Wildman–Crippen LogP) is 4.24. The molecule has 1 atom stereocenters. The zero-order chi connectivity index (χ0) is 15.5. The Bertz CT molecular complexity index is 472. The monoisotopic (exact) mass is 289 g/mol. The minimum absolute atomic E-state index is 0.0661. The van der Waals surface area contributed by atoms with Crippen LogP contribution in [0.2, 0.25) is 0 Å². The zero-order valence-electron chi connectivity index (χ0n) is 13.1. The van der Waals surface area contributed by atoms with Crippen molar-refractivity contribution < 1.29 is 9.90 Å². The summed E-state index contributed by atoms with van der Waals surface area (Å²) >= 11 is 0. The molecule has 0 aliphatic heterocycles. The first-order valence-corrected chi connectivity index (χ1v) is 7.99. The molecule has 0 amide bonds. The number of nitrogens with two attached hydrogens (primary N) is 1. The minimum atomic E-state index is -0.695. The maximum Gasteiger partial charge on any atom is 0.303 e. The van der Waals surface area contributed by atoms with E-state index in [1.165, 1.54) is 5.56 Å². The Morgan fingerprint density at radius 2 is 1.71 bits per heavy atom. The summed E-state index contributed by atoms with van der Waals surface area (Å²) in [5.41, 5.74) is 8.71. The lowest BCUT2D eigenvalue weighted by Crippen LogP contribution is -2.27. The van der Waals surface area contributed by atoms with E-state index in [1.54, 1.807) is 0 Å². The van der Waals surface area contributed by atoms with Crippen LogP contribution in [-0.2, 0) is 4.79 Å². The molecule has 21 heavy (non-hydrogen) atoms. The second-order valence-corrected chi connectivity index (χ2v) is 6.91. The van der Waals surface area contributed by atoms with Crippen molar-refractivity contribution in [1.82, 2.24) is 0 Å². The fourth-order valence-corrected chi connectivity index (χ4v) is 3.61. The Labute approximate surface area is 127 Å². The van der Waals surface area contributed by atoms with Gasteiger partial charge in [0, 0.05) is 6.04 Å². The molecule has 0 saturated heterocycles. The van der Waals surface area contributed by atoms with Gasteiger partial charge in [0.25, 0.3) is 0 Å². The molecule has 1 fully saturated rings. The fraction of sp³-hybridized carbons (Fsp3) is 0.611. The van der Waals surface area contributed by atoms with E-state index in [4.69, 9.17) is 5.73 Å². The van der Waals surface area contributed by atoms with Crippen molar-refractivity contribution in [1.29, 1.82) is 0 Å². The molecule has 2 rings (SSSR count). The molecular weight excluding hydrogens is 262 g/mol. The van der Waals surface area contributed by atoms with Crippen molar-refractivity contribution in [2.45, 2.75) is 64.3 Å². The predicted molar refractivity (Wildman–Crippen MR) is 85.2 cm³/mol. The van der Waals surface area contributed by atoms with Crippen LogP contribution in [0.3, 0.4) is 0 Å². The average molecular weight is 289 g/mol. The quantitative estimate of drug-likeness (QED) is 0.823. The van der Waals surface area contributed by atoms with E-state index in [1.807, 2.05) is 0 Å². The largest absolute Gasteiger partial charge is 0.481 e. The second kappa shape index (κ2) is 6.61. The van der Waals surface area contributed by atoms with Crippen molar-refractivity contribution >= 4 is 5.97 Å². The van der Waals surface area contributed by atoms with Crippen molar-refractivity contribution in [3.63, 3.8) is 0 Å². The van der Waals surface area contributed by atoms with Gasteiger partial charge in [-0.3, -0.25) is 4.79 Å².